The summed E-state index contributed by atoms with van der Waals surface area (Å²) in [6.07, 6.45) is 1.42. The number of carbonyl (C=O) groups is 1. The summed E-state index contributed by atoms with van der Waals surface area (Å²) in [6.45, 7) is 3.16. The van der Waals surface area contributed by atoms with Gasteiger partial charge in [0.2, 0.25) is 0 Å². The normalized spacial score (nSPS) is 35.3. The molecule has 1 saturated heterocycles. The van der Waals surface area contributed by atoms with Gasteiger partial charge in [-0.1, -0.05) is 19.8 Å². The van der Waals surface area contributed by atoms with Gasteiger partial charge in [0.15, 0.2) is 0 Å². The van der Waals surface area contributed by atoms with Gasteiger partial charge in [0.1, 0.15) is 18.0 Å². The number of rotatable bonds is 7. The molecule has 1 aliphatic heterocycles. The minimum absolute atomic E-state index is 0.145. The fourth-order valence-electron chi connectivity index (χ4n) is 2.56. The van der Waals surface area contributed by atoms with Crippen LogP contribution < -0.4 is 0 Å². The number of aliphatic hydroxyl groups is 3. The molecule has 5 unspecified atom stereocenters. The Hall–Kier alpha value is -0.490. The highest BCUT2D eigenvalue weighted by Crippen LogP contribution is 2.29. The average Bonchev–Trinajstić information content (AvgIpc) is 2.37. The largest absolute Gasteiger partial charge is 0.394 e. The molecule has 0 aliphatic carbocycles. The maximum atomic E-state index is 10.8. The average molecular weight is 274 g/mol. The first kappa shape index (κ1) is 16.6. The number of hydrogen-bond donors (Lipinski definition) is 3. The molecule has 19 heavy (non-hydrogen) atoms. The van der Waals surface area contributed by atoms with Crippen molar-refractivity contribution in [3.63, 3.8) is 0 Å². The third-order valence-electron chi connectivity index (χ3n) is 3.90. The Morgan fingerprint density at radius 2 is 1.79 bits per heavy atom. The first-order valence-corrected chi connectivity index (χ1v) is 7.09. The number of carbonyl (C=O) groups excluding carboxylic acids is 1. The molecular formula is C14H26O5. The van der Waals surface area contributed by atoms with Crippen LogP contribution in [0.25, 0.3) is 0 Å². The summed E-state index contributed by atoms with van der Waals surface area (Å²) in [5, 5.41) is 28.8. The number of Topliss-reactive ketones (excluding diaryl/α,β-unsaturated/α-hetero) is 1. The monoisotopic (exact) mass is 274 g/mol. The van der Waals surface area contributed by atoms with Crippen molar-refractivity contribution in [1.82, 2.24) is 0 Å². The molecule has 1 aliphatic rings. The minimum atomic E-state index is -1.02. The zero-order chi connectivity index (χ0) is 14.4. The summed E-state index contributed by atoms with van der Waals surface area (Å²) in [4.78, 5) is 10.8. The second-order valence-electron chi connectivity index (χ2n) is 5.54. The summed E-state index contributed by atoms with van der Waals surface area (Å²) in [7, 11) is 0. The van der Waals surface area contributed by atoms with Crippen molar-refractivity contribution in [3.8, 4) is 0 Å². The molecule has 0 amide bonds. The van der Waals surface area contributed by atoms with Gasteiger partial charge in [0, 0.05) is 12.3 Å². The van der Waals surface area contributed by atoms with E-state index in [-0.39, 0.29) is 24.4 Å². The predicted octanol–water partition coefficient (Wildman–Crippen LogP) is 0.643. The number of aliphatic hydroxyl groups excluding tert-OH is 3. The SMILES string of the molecule is CC(=O)CCCCCC1OC(CO)C(O)C(O)C1C. The van der Waals surface area contributed by atoms with Crippen LogP contribution in [0.5, 0.6) is 0 Å². The van der Waals surface area contributed by atoms with Gasteiger partial charge in [0.05, 0.1) is 18.8 Å². The lowest BCUT2D eigenvalue weighted by Gasteiger charge is -2.41. The van der Waals surface area contributed by atoms with Crippen LogP contribution in [0.1, 0.15) is 46.0 Å². The zero-order valence-electron chi connectivity index (χ0n) is 11.8. The third kappa shape index (κ3) is 4.84. The Labute approximate surface area is 114 Å². The highest BCUT2D eigenvalue weighted by atomic mass is 16.5. The van der Waals surface area contributed by atoms with Gasteiger partial charge in [-0.2, -0.15) is 0 Å². The summed E-state index contributed by atoms with van der Waals surface area (Å²) in [5.41, 5.74) is 0. The third-order valence-corrected chi connectivity index (χ3v) is 3.90. The Morgan fingerprint density at radius 3 is 2.37 bits per heavy atom. The lowest BCUT2D eigenvalue weighted by Crippen LogP contribution is -2.54. The zero-order valence-corrected chi connectivity index (χ0v) is 11.8. The molecule has 5 atom stereocenters. The van der Waals surface area contributed by atoms with Crippen LogP contribution in [0.3, 0.4) is 0 Å². The second-order valence-corrected chi connectivity index (χ2v) is 5.54. The molecule has 0 aromatic heterocycles. The van der Waals surface area contributed by atoms with E-state index in [1.165, 1.54) is 0 Å². The van der Waals surface area contributed by atoms with Crippen LogP contribution in [-0.4, -0.2) is 52.1 Å². The Morgan fingerprint density at radius 1 is 1.11 bits per heavy atom. The van der Waals surface area contributed by atoms with Gasteiger partial charge in [-0.25, -0.2) is 0 Å². The summed E-state index contributed by atoms with van der Waals surface area (Å²) in [5.74, 6) is 0.0618. The van der Waals surface area contributed by atoms with E-state index >= 15 is 0 Å². The van der Waals surface area contributed by atoms with E-state index in [0.717, 1.165) is 25.7 Å². The summed E-state index contributed by atoms with van der Waals surface area (Å²) >= 11 is 0. The summed E-state index contributed by atoms with van der Waals surface area (Å²) < 4.78 is 5.63. The van der Waals surface area contributed by atoms with E-state index < -0.39 is 18.3 Å². The molecule has 5 heteroatoms. The Bertz CT molecular complexity index is 279. The molecule has 1 heterocycles. The standard InChI is InChI=1S/C14H26O5/c1-9(16)6-4-3-5-7-11-10(2)13(17)14(18)12(8-15)19-11/h10-15,17-18H,3-8H2,1-2H3. The van der Waals surface area contributed by atoms with E-state index in [4.69, 9.17) is 9.84 Å². The Kier molecular flexibility index (Phi) is 6.93. The van der Waals surface area contributed by atoms with Crippen molar-refractivity contribution < 1.29 is 24.9 Å². The molecule has 5 nitrogen and oxygen atoms in total. The van der Waals surface area contributed by atoms with Gasteiger partial charge in [-0.05, 0) is 19.8 Å². The van der Waals surface area contributed by atoms with Crippen molar-refractivity contribution in [1.29, 1.82) is 0 Å². The van der Waals surface area contributed by atoms with Crippen LogP contribution >= 0.6 is 0 Å². The highest BCUT2D eigenvalue weighted by molar-refractivity contribution is 5.75. The number of ether oxygens (including phenoxy) is 1. The molecule has 0 saturated carbocycles. The number of unbranched alkanes of at least 4 members (excludes halogenated alkanes) is 2. The van der Waals surface area contributed by atoms with Crippen molar-refractivity contribution in [2.75, 3.05) is 6.61 Å². The van der Waals surface area contributed by atoms with Crippen LogP contribution in [0.15, 0.2) is 0 Å². The van der Waals surface area contributed by atoms with E-state index in [2.05, 4.69) is 0 Å². The molecule has 3 N–H and O–H groups in total. The number of hydrogen-bond acceptors (Lipinski definition) is 5. The molecule has 0 spiro atoms. The molecule has 0 aromatic rings. The van der Waals surface area contributed by atoms with Gasteiger partial charge < -0.3 is 24.9 Å². The molecular weight excluding hydrogens is 248 g/mol. The van der Waals surface area contributed by atoms with Gasteiger partial charge in [0.25, 0.3) is 0 Å². The van der Waals surface area contributed by atoms with Crippen molar-refractivity contribution in [2.45, 2.75) is 70.4 Å². The second kappa shape index (κ2) is 7.94. The fraction of sp³-hybridized carbons (Fsp3) is 0.929. The predicted molar refractivity (Wildman–Crippen MR) is 70.7 cm³/mol. The first-order valence-electron chi connectivity index (χ1n) is 7.09. The maximum Gasteiger partial charge on any atom is 0.129 e. The molecule has 0 aromatic carbocycles. The molecule has 1 rings (SSSR count). The van der Waals surface area contributed by atoms with Crippen LogP contribution in [-0.2, 0) is 9.53 Å². The smallest absolute Gasteiger partial charge is 0.129 e. The maximum absolute atomic E-state index is 10.8. The van der Waals surface area contributed by atoms with Crippen LogP contribution in [0, 0.1) is 5.92 Å². The van der Waals surface area contributed by atoms with Crippen molar-refractivity contribution in [2.24, 2.45) is 5.92 Å². The minimum Gasteiger partial charge on any atom is -0.394 e. The van der Waals surface area contributed by atoms with Crippen LogP contribution in [0.4, 0.5) is 0 Å². The van der Waals surface area contributed by atoms with Crippen LogP contribution in [0.2, 0.25) is 0 Å². The summed E-state index contributed by atoms with van der Waals surface area (Å²) in [6, 6.07) is 0. The van der Waals surface area contributed by atoms with Gasteiger partial charge in [-0.15, -0.1) is 0 Å². The quantitative estimate of drug-likeness (QED) is 0.593. The molecule has 0 bridgehead atoms. The van der Waals surface area contributed by atoms with E-state index in [9.17, 15) is 15.0 Å². The molecule has 1 fully saturated rings. The van der Waals surface area contributed by atoms with E-state index in [1.807, 2.05) is 6.92 Å². The van der Waals surface area contributed by atoms with Gasteiger partial charge >= 0.3 is 0 Å². The van der Waals surface area contributed by atoms with E-state index in [1.54, 1.807) is 6.92 Å². The van der Waals surface area contributed by atoms with E-state index in [0.29, 0.717) is 6.42 Å². The van der Waals surface area contributed by atoms with Crippen molar-refractivity contribution in [3.05, 3.63) is 0 Å². The first-order chi connectivity index (χ1) is 8.97. The van der Waals surface area contributed by atoms with Gasteiger partial charge in [-0.3, -0.25) is 0 Å². The lowest BCUT2D eigenvalue weighted by atomic mass is 9.86. The lowest BCUT2D eigenvalue weighted by molar-refractivity contribution is -0.206. The Balaban J connectivity index is 2.33. The van der Waals surface area contributed by atoms with Crippen molar-refractivity contribution >= 4 is 5.78 Å². The molecule has 0 radical (unpaired) electrons. The molecule has 112 valence electrons. The fourth-order valence-corrected chi connectivity index (χ4v) is 2.56. The topological polar surface area (TPSA) is 87.0 Å². The number of ketones is 1. The highest BCUT2D eigenvalue weighted by Gasteiger charge is 2.41.